The maximum absolute atomic E-state index is 12.4. The van der Waals surface area contributed by atoms with Crippen LogP contribution in [0.5, 0.6) is 0 Å². The summed E-state index contributed by atoms with van der Waals surface area (Å²) in [5.41, 5.74) is 5.24. The van der Waals surface area contributed by atoms with E-state index in [-0.39, 0.29) is 30.5 Å². The van der Waals surface area contributed by atoms with Crippen LogP contribution in [0.3, 0.4) is 0 Å². The molecule has 0 spiro atoms. The van der Waals surface area contributed by atoms with E-state index in [0.717, 1.165) is 0 Å². The zero-order valence-electron chi connectivity index (χ0n) is 9.51. The molecule has 0 saturated carbocycles. The van der Waals surface area contributed by atoms with Crippen LogP contribution in [0.2, 0.25) is 0 Å². The molecular formula is C9H12F3N5O. The largest absolute Gasteiger partial charge is 0.451 e. The summed E-state index contributed by atoms with van der Waals surface area (Å²) in [4.78, 5) is 17.3. The van der Waals surface area contributed by atoms with Crippen molar-refractivity contribution in [2.45, 2.75) is 12.6 Å². The van der Waals surface area contributed by atoms with Crippen LogP contribution >= 0.6 is 0 Å². The van der Waals surface area contributed by atoms with Crippen LogP contribution in [0, 0.1) is 0 Å². The highest BCUT2D eigenvalue weighted by Gasteiger charge is 2.35. The Hall–Kier alpha value is -2.06. The van der Waals surface area contributed by atoms with Gasteiger partial charge >= 0.3 is 6.18 Å². The summed E-state index contributed by atoms with van der Waals surface area (Å²) in [6, 6.07) is 1.17. The number of nitrogen functional groups attached to an aromatic ring is 1. The maximum atomic E-state index is 12.4. The van der Waals surface area contributed by atoms with Crippen molar-refractivity contribution in [2.75, 3.05) is 24.6 Å². The smallest absolute Gasteiger partial charge is 0.384 e. The van der Waals surface area contributed by atoms with E-state index in [2.05, 4.69) is 20.6 Å². The number of amides is 1. The molecule has 0 aliphatic heterocycles. The quantitative estimate of drug-likeness (QED) is 0.740. The SMILES string of the molecule is CNC(=O)CCNc1cc(N)nc(C(F)(F)F)n1. The van der Waals surface area contributed by atoms with E-state index in [0.29, 0.717) is 0 Å². The van der Waals surface area contributed by atoms with E-state index in [1.165, 1.54) is 13.1 Å². The molecule has 0 aromatic carbocycles. The molecule has 1 rings (SSSR count). The Morgan fingerprint density at radius 1 is 1.44 bits per heavy atom. The second-order valence-corrected chi connectivity index (χ2v) is 3.35. The summed E-state index contributed by atoms with van der Waals surface area (Å²) < 4.78 is 37.1. The Balaban J connectivity index is 2.72. The van der Waals surface area contributed by atoms with Gasteiger partial charge in [-0.3, -0.25) is 4.79 Å². The molecule has 0 radical (unpaired) electrons. The van der Waals surface area contributed by atoms with Gasteiger partial charge in [0, 0.05) is 26.1 Å². The fraction of sp³-hybridized carbons (Fsp3) is 0.444. The fourth-order valence-corrected chi connectivity index (χ4v) is 1.11. The first-order valence-corrected chi connectivity index (χ1v) is 4.99. The minimum absolute atomic E-state index is 0.0706. The number of carbonyl (C=O) groups is 1. The van der Waals surface area contributed by atoms with Gasteiger partial charge in [0.2, 0.25) is 11.7 Å². The monoisotopic (exact) mass is 263 g/mol. The van der Waals surface area contributed by atoms with Gasteiger partial charge in [0.05, 0.1) is 0 Å². The Bertz CT molecular complexity index is 435. The molecular weight excluding hydrogens is 251 g/mol. The summed E-state index contributed by atoms with van der Waals surface area (Å²) in [5.74, 6) is -1.91. The van der Waals surface area contributed by atoms with Crippen molar-refractivity contribution < 1.29 is 18.0 Å². The summed E-state index contributed by atoms with van der Waals surface area (Å²) in [7, 11) is 1.47. The highest BCUT2D eigenvalue weighted by Crippen LogP contribution is 2.27. The number of halogens is 3. The zero-order chi connectivity index (χ0) is 13.8. The summed E-state index contributed by atoms with van der Waals surface area (Å²) in [6.45, 7) is 0.146. The average Bonchev–Trinajstić information content (AvgIpc) is 2.27. The van der Waals surface area contributed by atoms with Crippen LogP contribution in [-0.4, -0.2) is 29.5 Å². The molecule has 100 valence electrons. The summed E-state index contributed by atoms with van der Waals surface area (Å²) in [5, 5.41) is 4.95. The second-order valence-electron chi connectivity index (χ2n) is 3.35. The number of nitrogens with two attached hydrogens (primary N) is 1. The lowest BCUT2D eigenvalue weighted by molar-refractivity contribution is -0.144. The molecule has 1 aromatic heterocycles. The third kappa shape index (κ3) is 4.07. The number of nitrogens with one attached hydrogen (secondary N) is 2. The average molecular weight is 263 g/mol. The van der Waals surface area contributed by atoms with Gasteiger partial charge in [-0.1, -0.05) is 0 Å². The van der Waals surface area contributed by atoms with Crippen molar-refractivity contribution in [3.63, 3.8) is 0 Å². The molecule has 9 heteroatoms. The van der Waals surface area contributed by atoms with Gasteiger partial charge in [-0.05, 0) is 0 Å². The topological polar surface area (TPSA) is 92.9 Å². The number of aromatic nitrogens is 2. The molecule has 4 N–H and O–H groups in total. The molecule has 0 atom stereocenters. The van der Waals surface area contributed by atoms with Crippen molar-refractivity contribution in [2.24, 2.45) is 0 Å². The lowest BCUT2D eigenvalue weighted by Crippen LogP contribution is -2.21. The molecule has 1 amide bonds. The number of carbonyl (C=O) groups excluding carboxylic acids is 1. The first-order chi connectivity index (χ1) is 8.32. The molecule has 18 heavy (non-hydrogen) atoms. The minimum atomic E-state index is -4.66. The van der Waals surface area contributed by atoms with E-state index in [1.807, 2.05) is 0 Å². The van der Waals surface area contributed by atoms with Crippen LogP contribution in [0.25, 0.3) is 0 Å². The van der Waals surface area contributed by atoms with Gasteiger partial charge in [-0.15, -0.1) is 0 Å². The van der Waals surface area contributed by atoms with Crippen LogP contribution in [0.15, 0.2) is 6.07 Å². The summed E-state index contributed by atoms with van der Waals surface area (Å²) in [6.07, 6.45) is -4.55. The molecule has 0 unspecified atom stereocenters. The van der Waals surface area contributed by atoms with Crippen molar-refractivity contribution >= 4 is 17.5 Å². The van der Waals surface area contributed by atoms with E-state index >= 15 is 0 Å². The number of hydrogen-bond acceptors (Lipinski definition) is 5. The highest BCUT2D eigenvalue weighted by atomic mass is 19.4. The van der Waals surface area contributed by atoms with Crippen molar-refractivity contribution in [3.05, 3.63) is 11.9 Å². The van der Waals surface area contributed by atoms with Gasteiger partial charge in [0.25, 0.3) is 0 Å². The first kappa shape index (κ1) is 14.0. The van der Waals surface area contributed by atoms with E-state index in [1.54, 1.807) is 0 Å². The van der Waals surface area contributed by atoms with Gasteiger partial charge in [-0.25, -0.2) is 9.97 Å². The molecule has 0 bridgehead atoms. The van der Waals surface area contributed by atoms with Gasteiger partial charge in [0.15, 0.2) is 0 Å². The van der Waals surface area contributed by atoms with Crippen molar-refractivity contribution in [1.82, 2.24) is 15.3 Å². The van der Waals surface area contributed by atoms with E-state index in [4.69, 9.17) is 5.73 Å². The Labute approximate surface area is 101 Å². The minimum Gasteiger partial charge on any atom is -0.384 e. The molecule has 0 saturated heterocycles. The molecule has 1 heterocycles. The van der Waals surface area contributed by atoms with Crippen LogP contribution < -0.4 is 16.4 Å². The van der Waals surface area contributed by atoms with Crippen molar-refractivity contribution in [3.8, 4) is 0 Å². The predicted octanol–water partition coefficient (Wildman–Crippen LogP) is 0.626. The van der Waals surface area contributed by atoms with Crippen molar-refractivity contribution in [1.29, 1.82) is 0 Å². The Morgan fingerprint density at radius 3 is 2.67 bits per heavy atom. The fourth-order valence-electron chi connectivity index (χ4n) is 1.11. The van der Waals surface area contributed by atoms with Crippen LogP contribution in [0.1, 0.15) is 12.2 Å². The van der Waals surface area contributed by atoms with Gasteiger partial charge < -0.3 is 16.4 Å². The molecule has 1 aromatic rings. The zero-order valence-corrected chi connectivity index (χ0v) is 9.51. The number of anilines is 2. The molecule has 6 nitrogen and oxygen atoms in total. The normalized spacial score (nSPS) is 11.1. The number of nitrogens with zero attached hydrogens (tertiary/aromatic N) is 2. The molecule has 0 aliphatic carbocycles. The number of rotatable bonds is 4. The summed E-state index contributed by atoms with van der Waals surface area (Å²) >= 11 is 0. The van der Waals surface area contributed by atoms with Gasteiger partial charge in [0.1, 0.15) is 11.6 Å². The van der Waals surface area contributed by atoms with E-state index in [9.17, 15) is 18.0 Å². The molecule has 0 aliphatic rings. The predicted molar refractivity (Wildman–Crippen MR) is 58.6 cm³/mol. The van der Waals surface area contributed by atoms with Crippen LogP contribution in [0.4, 0.5) is 24.8 Å². The number of hydrogen-bond donors (Lipinski definition) is 3. The second kappa shape index (κ2) is 5.52. The highest BCUT2D eigenvalue weighted by molar-refractivity contribution is 5.76. The first-order valence-electron chi connectivity index (χ1n) is 4.99. The Kier molecular flexibility index (Phi) is 4.29. The van der Waals surface area contributed by atoms with Crippen LogP contribution in [-0.2, 0) is 11.0 Å². The lowest BCUT2D eigenvalue weighted by atomic mass is 10.4. The third-order valence-electron chi connectivity index (χ3n) is 1.94. The molecule has 0 fully saturated rings. The van der Waals surface area contributed by atoms with E-state index < -0.39 is 12.0 Å². The Morgan fingerprint density at radius 2 is 2.11 bits per heavy atom. The maximum Gasteiger partial charge on any atom is 0.451 e. The number of alkyl halides is 3. The van der Waals surface area contributed by atoms with Gasteiger partial charge in [-0.2, -0.15) is 13.2 Å². The standard InChI is InChI=1S/C9H12F3N5O/c1-14-7(18)2-3-15-6-4-5(13)16-8(17-6)9(10,11)12/h4H,2-3H2,1H3,(H,14,18)(H3,13,15,16,17). The third-order valence-corrected chi connectivity index (χ3v) is 1.94. The lowest BCUT2D eigenvalue weighted by Gasteiger charge is -2.09.